The van der Waals surface area contributed by atoms with E-state index >= 15 is 0 Å². The van der Waals surface area contributed by atoms with Gasteiger partial charge < -0.3 is 14.5 Å². The molecule has 1 N–H and O–H groups in total. The molecule has 104 valence electrons. The van der Waals surface area contributed by atoms with Gasteiger partial charge >= 0.3 is 0 Å². The van der Waals surface area contributed by atoms with E-state index in [1.54, 1.807) is 6.92 Å². The first kappa shape index (κ1) is 12.7. The van der Waals surface area contributed by atoms with E-state index in [9.17, 15) is 4.79 Å². The summed E-state index contributed by atoms with van der Waals surface area (Å²) in [5, 5.41) is 0. The van der Waals surface area contributed by atoms with Crippen molar-refractivity contribution in [2.75, 3.05) is 13.2 Å². The van der Waals surface area contributed by atoms with Crippen molar-refractivity contribution >= 4 is 0 Å². The van der Waals surface area contributed by atoms with Gasteiger partial charge in [-0.2, -0.15) is 0 Å². The SMILES string of the molecule is CCc1nc(-c2ccc3c(c2)OCCO3)[nH]c(=O)c1C. The molecule has 0 unspecified atom stereocenters. The summed E-state index contributed by atoms with van der Waals surface area (Å²) in [6, 6.07) is 5.57. The Kier molecular flexibility index (Phi) is 3.18. The number of aromatic nitrogens is 2. The van der Waals surface area contributed by atoms with Crippen molar-refractivity contribution in [1.82, 2.24) is 9.97 Å². The third-order valence-corrected chi connectivity index (χ3v) is 3.40. The summed E-state index contributed by atoms with van der Waals surface area (Å²) in [5.74, 6) is 1.98. The third-order valence-electron chi connectivity index (χ3n) is 3.40. The zero-order chi connectivity index (χ0) is 14.1. The maximum atomic E-state index is 11.9. The van der Waals surface area contributed by atoms with Gasteiger partial charge in [0.2, 0.25) is 0 Å². The average molecular weight is 272 g/mol. The van der Waals surface area contributed by atoms with E-state index in [0.29, 0.717) is 30.4 Å². The Balaban J connectivity index is 2.09. The lowest BCUT2D eigenvalue weighted by atomic mass is 10.1. The van der Waals surface area contributed by atoms with Crippen LogP contribution in [0.25, 0.3) is 11.4 Å². The maximum Gasteiger partial charge on any atom is 0.254 e. The molecule has 0 atom stereocenters. The third kappa shape index (κ3) is 2.15. The molecule has 2 heterocycles. The zero-order valence-corrected chi connectivity index (χ0v) is 11.5. The molecule has 0 spiro atoms. The number of benzene rings is 1. The highest BCUT2D eigenvalue weighted by atomic mass is 16.6. The van der Waals surface area contributed by atoms with Gasteiger partial charge in [-0.25, -0.2) is 4.98 Å². The quantitative estimate of drug-likeness (QED) is 0.909. The molecule has 0 amide bonds. The number of ether oxygens (including phenoxy) is 2. The number of nitrogens with one attached hydrogen (secondary N) is 1. The fourth-order valence-electron chi connectivity index (χ4n) is 2.25. The average Bonchev–Trinajstić information content (AvgIpc) is 2.49. The van der Waals surface area contributed by atoms with Crippen LogP contribution in [0.1, 0.15) is 18.2 Å². The summed E-state index contributed by atoms with van der Waals surface area (Å²) in [5.41, 5.74) is 2.22. The highest BCUT2D eigenvalue weighted by molar-refractivity contribution is 5.61. The summed E-state index contributed by atoms with van der Waals surface area (Å²) in [6.45, 7) is 4.88. The normalized spacial score (nSPS) is 13.3. The Morgan fingerprint density at radius 2 is 2.00 bits per heavy atom. The molecule has 0 aliphatic carbocycles. The largest absolute Gasteiger partial charge is 0.486 e. The van der Waals surface area contributed by atoms with Gasteiger partial charge in [-0.1, -0.05) is 6.92 Å². The highest BCUT2D eigenvalue weighted by Gasteiger charge is 2.14. The predicted octanol–water partition coefficient (Wildman–Crippen LogP) is 2.08. The molecule has 20 heavy (non-hydrogen) atoms. The van der Waals surface area contributed by atoms with Crippen molar-refractivity contribution in [2.45, 2.75) is 20.3 Å². The molecule has 3 rings (SSSR count). The first-order chi connectivity index (χ1) is 9.69. The van der Waals surface area contributed by atoms with E-state index in [0.717, 1.165) is 23.4 Å². The molecule has 0 fully saturated rings. The maximum absolute atomic E-state index is 11.9. The van der Waals surface area contributed by atoms with Crippen LogP contribution in [-0.4, -0.2) is 23.2 Å². The lowest BCUT2D eigenvalue weighted by molar-refractivity contribution is 0.171. The van der Waals surface area contributed by atoms with E-state index in [1.807, 2.05) is 25.1 Å². The lowest BCUT2D eigenvalue weighted by Crippen LogP contribution is -2.17. The molecule has 0 saturated heterocycles. The number of fused-ring (bicyclic) bond motifs is 1. The lowest BCUT2D eigenvalue weighted by Gasteiger charge is -2.18. The molecular formula is C15H16N2O3. The molecule has 0 radical (unpaired) electrons. The van der Waals surface area contributed by atoms with Gasteiger partial charge in [0, 0.05) is 11.1 Å². The van der Waals surface area contributed by atoms with Crippen LogP contribution in [-0.2, 0) is 6.42 Å². The summed E-state index contributed by atoms with van der Waals surface area (Å²) < 4.78 is 11.0. The zero-order valence-electron chi connectivity index (χ0n) is 11.5. The summed E-state index contributed by atoms with van der Waals surface area (Å²) in [6.07, 6.45) is 0.729. The number of aryl methyl sites for hydroxylation is 1. The molecule has 1 aromatic carbocycles. The van der Waals surface area contributed by atoms with Gasteiger partial charge in [0.15, 0.2) is 11.5 Å². The molecule has 2 aromatic rings. The number of H-pyrrole nitrogens is 1. The monoisotopic (exact) mass is 272 g/mol. The molecule has 1 aromatic heterocycles. The van der Waals surface area contributed by atoms with Crippen molar-refractivity contribution in [1.29, 1.82) is 0 Å². The van der Waals surface area contributed by atoms with Gasteiger partial charge in [0.1, 0.15) is 19.0 Å². The van der Waals surface area contributed by atoms with E-state index in [4.69, 9.17) is 9.47 Å². The number of hydrogen-bond donors (Lipinski definition) is 1. The molecule has 5 heteroatoms. The molecular weight excluding hydrogens is 256 g/mol. The molecule has 0 saturated carbocycles. The Morgan fingerprint density at radius 1 is 1.25 bits per heavy atom. The minimum atomic E-state index is -0.0956. The van der Waals surface area contributed by atoms with Crippen molar-refractivity contribution in [3.63, 3.8) is 0 Å². The van der Waals surface area contributed by atoms with Gasteiger partial charge in [-0.15, -0.1) is 0 Å². The number of hydrogen-bond acceptors (Lipinski definition) is 4. The number of rotatable bonds is 2. The summed E-state index contributed by atoms with van der Waals surface area (Å²) in [7, 11) is 0. The highest BCUT2D eigenvalue weighted by Crippen LogP contribution is 2.33. The number of aromatic amines is 1. The standard InChI is InChI=1S/C15H16N2O3/c1-3-11-9(2)15(18)17-14(16-11)10-4-5-12-13(8-10)20-7-6-19-12/h4-5,8H,3,6-7H2,1-2H3,(H,16,17,18). The first-order valence-electron chi connectivity index (χ1n) is 6.69. The second-order valence-electron chi connectivity index (χ2n) is 4.70. The van der Waals surface area contributed by atoms with Gasteiger partial charge in [-0.3, -0.25) is 4.79 Å². The Hall–Kier alpha value is -2.30. The van der Waals surface area contributed by atoms with Crippen LogP contribution in [0.4, 0.5) is 0 Å². The van der Waals surface area contributed by atoms with Crippen LogP contribution in [0.3, 0.4) is 0 Å². The second kappa shape index (κ2) is 5.00. The van der Waals surface area contributed by atoms with Crippen molar-refractivity contribution in [3.05, 3.63) is 39.8 Å². The first-order valence-corrected chi connectivity index (χ1v) is 6.69. The van der Waals surface area contributed by atoms with Crippen LogP contribution < -0.4 is 15.0 Å². The molecule has 5 nitrogen and oxygen atoms in total. The minimum absolute atomic E-state index is 0.0956. The van der Waals surface area contributed by atoms with Crippen molar-refractivity contribution in [3.8, 4) is 22.9 Å². The van der Waals surface area contributed by atoms with Crippen LogP contribution in [0.2, 0.25) is 0 Å². The van der Waals surface area contributed by atoms with E-state index in [2.05, 4.69) is 9.97 Å². The fraction of sp³-hybridized carbons (Fsp3) is 0.333. The smallest absolute Gasteiger partial charge is 0.254 e. The summed E-state index contributed by atoms with van der Waals surface area (Å²) >= 11 is 0. The summed E-state index contributed by atoms with van der Waals surface area (Å²) in [4.78, 5) is 19.3. The predicted molar refractivity (Wildman–Crippen MR) is 75.4 cm³/mol. The van der Waals surface area contributed by atoms with E-state index < -0.39 is 0 Å². The van der Waals surface area contributed by atoms with Gasteiger partial charge in [0.25, 0.3) is 5.56 Å². The number of nitrogens with zero attached hydrogens (tertiary/aromatic N) is 1. The Morgan fingerprint density at radius 3 is 2.75 bits per heavy atom. The van der Waals surface area contributed by atoms with Crippen LogP contribution in [0.5, 0.6) is 11.5 Å². The van der Waals surface area contributed by atoms with Crippen molar-refractivity contribution in [2.24, 2.45) is 0 Å². The minimum Gasteiger partial charge on any atom is -0.486 e. The van der Waals surface area contributed by atoms with Crippen LogP contribution in [0.15, 0.2) is 23.0 Å². The Labute approximate surface area is 116 Å². The molecule has 0 bridgehead atoms. The fourth-order valence-corrected chi connectivity index (χ4v) is 2.25. The van der Waals surface area contributed by atoms with Crippen LogP contribution >= 0.6 is 0 Å². The van der Waals surface area contributed by atoms with Crippen LogP contribution in [0, 0.1) is 6.92 Å². The molecule has 1 aliphatic heterocycles. The Bertz CT molecular complexity index is 707. The van der Waals surface area contributed by atoms with E-state index in [-0.39, 0.29) is 5.56 Å². The van der Waals surface area contributed by atoms with E-state index in [1.165, 1.54) is 0 Å². The van der Waals surface area contributed by atoms with Gasteiger partial charge in [0.05, 0.1) is 5.69 Å². The van der Waals surface area contributed by atoms with Gasteiger partial charge in [-0.05, 0) is 31.5 Å². The second-order valence-corrected chi connectivity index (χ2v) is 4.70. The topological polar surface area (TPSA) is 64.2 Å². The van der Waals surface area contributed by atoms with Crippen molar-refractivity contribution < 1.29 is 9.47 Å². The molecule has 1 aliphatic rings.